The van der Waals surface area contributed by atoms with Crippen molar-refractivity contribution in [3.63, 3.8) is 0 Å². The Morgan fingerprint density at radius 2 is 1.55 bits per heavy atom. The molecule has 0 unspecified atom stereocenters. The highest BCUT2D eigenvalue weighted by Crippen LogP contribution is 2.53. The third-order valence-electron chi connectivity index (χ3n) is 9.92. The zero-order chi connectivity index (χ0) is 33.9. The van der Waals surface area contributed by atoms with Gasteiger partial charge in [-0.05, 0) is 73.3 Å². The molecule has 2 aliphatic rings. The Hall–Kier alpha value is -3.04. The summed E-state index contributed by atoms with van der Waals surface area (Å²) in [5.41, 5.74) is 3.15. The number of para-hydroxylation sites is 1. The first-order chi connectivity index (χ1) is 22.4. The van der Waals surface area contributed by atoms with Gasteiger partial charge < -0.3 is 19.6 Å². The molecule has 1 saturated heterocycles. The van der Waals surface area contributed by atoms with Gasteiger partial charge in [-0.2, -0.15) is 0 Å². The molecule has 1 atom stereocenters. The van der Waals surface area contributed by atoms with E-state index in [0.29, 0.717) is 28.7 Å². The first-order valence-electron chi connectivity index (χ1n) is 16.1. The van der Waals surface area contributed by atoms with Crippen LogP contribution in [0, 0.1) is 5.92 Å². The third kappa shape index (κ3) is 7.21. The number of benzene rings is 3. The Balaban J connectivity index is 1.47. The fraction of sp³-hybridized carbons (Fsp3) is 0.432. The molecule has 1 spiro atoms. The summed E-state index contributed by atoms with van der Waals surface area (Å²) in [7, 11) is 5.01. The van der Waals surface area contributed by atoms with Crippen LogP contribution < -0.4 is 4.90 Å². The summed E-state index contributed by atoms with van der Waals surface area (Å²) < 4.78 is 0.138. The van der Waals surface area contributed by atoms with Gasteiger partial charge in [-0.25, -0.2) is 0 Å². The van der Waals surface area contributed by atoms with Gasteiger partial charge in [0.15, 0.2) is 0 Å². The van der Waals surface area contributed by atoms with Crippen LogP contribution >= 0.6 is 35.0 Å². The monoisotopic (exact) mass is 694 g/mol. The molecule has 0 saturated carbocycles. The molecule has 250 valence electrons. The second-order valence-electron chi connectivity index (χ2n) is 13.1. The van der Waals surface area contributed by atoms with Crippen molar-refractivity contribution in [2.24, 2.45) is 5.92 Å². The zero-order valence-electron chi connectivity index (χ0n) is 27.8. The molecule has 0 N–H and O–H groups in total. The summed E-state index contributed by atoms with van der Waals surface area (Å²) in [4.78, 5) is 48.3. The van der Waals surface area contributed by atoms with Crippen molar-refractivity contribution >= 4 is 58.4 Å². The summed E-state index contributed by atoms with van der Waals surface area (Å²) >= 11 is 15.0. The van der Waals surface area contributed by atoms with Crippen molar-refractivity contribution in [2.75, 3.05) is 52.2 Å². The normalized spacial score (nSPS) is 16.9. The number of nitrogens with zero attached hydrogens (tertiary/aromatic N) is 4. The fourth-order valence-electron chi connectivity index (χ4n) is 7.01. The molecule has 7 nitrogen and oxygen atoms in total. The quantitative estimate of drug-likeness (QED) is 0.225. The summed E-state index contributed by atoms with van der Waals surface area (Å²) in [6, 6.07) is 23.2. The highest BCUT2D eigenvalue weighted by Gasteiger charge is 2.46. The molecule has 10 heteroatoms. The lowest BCUT2D eigenvalue weighted by atomic mass is 9.82. The van der Waals surface area contributed by atoms with Crippen molar-refractivity contribution in [3.05, 3.63) is 99.5 Å². The first-order valence-corrected chi connectivity index (χ1v) is 17.9. The minimum atomic E-state index is -1.08. The molecule has 0 aliphatic carbocycles. The molecule has 2 heterocycles. The van der Waals surface area contributed by atoms with Crippen molar-refractivity contribution in [1.29, 1.82) is 0 Å². The summed E-state index contributed by atoms with van der Waals surface area (Å²) in [5.74, 6) is -0.601. The van der Waals surface area contributed by atoms with Gasteiger partial charge in [0.2, 0.25) is 5.91 Å². The summed E-state index contributed by atoms with van der Waals surface area (Å²) in [5, 5.41) is 0.734. The molecular formula is C37H44Cl2N4O3S. The number of carbonyl (C=O) groups is 3. The van der Waals surface area contributed by atoms with Gasteiger partial charge in [-0.15, -0.1) is 11.8 Å². The third-order valence-corrected chi connectivity index (χ3v) is 12.3. The van der Waals surface area contributed by atoms with Crippen LogP contribution in [0.5, 0.6) is 0 Å². The van der Waals surface area contributed by atoms with Crippen LogP contribution in [0.3, 0.4) is 0 Å². The number of hydrogen-bond acceptors (Lipinski definition) is 5. The van der Waals surface area contributed by atoms with Crippen LogP contribution in [-0.4, -0.2) is 79.7 Å². The molecule has 47 heavy (non-hydrogen) atoms. The predicted octanol–water partition coefficient (Wildman–Crippen LogP) is 7.05. The molecule has 1 fully saturated rings. The number of likely N-dealkylation sites (N-methyl/N-ethyl adjacent to an activating group) is 3. The van der Waals surface area contributed by atoms with Crippen molar-refractivity contribution in [3.8, 4) is 0 Å². The van der Waals surface area contributed by atoms with E-state index in [1.54, 1.807) is 50.3 Å². The number of likely N-dealkylation sites (tertiary alicyclic amines) is 1. The van der Waals surface area contributed by atoms with Crippen LogP contribution in [0.25, 0.3) is 0 Å². The molecule has 0 radical (unpaired) electrons. The molecule has 2 aliphatic heterocycles. The summed E-state index contributed by atoms with van der Waals surface area (Å²) in [6.45, 7) is 6.37. The number of carbonyl (C=O) groups excluding carboxylic acids is 3. The lowest BCUT2D eigenvalue weighted by Crippen LogP contribution is -2.58. The topological polar surface area (TPSA) is 64.2 Å². The Morgan fingerprint density at radius 3 is 2.21 bits per heavy atom. The lowest BCUT2D eigenvalue weighted by molar-refractivity contribution is -0.150. The molecule has 3 aromatic carbocycles. The fourth-order valence-corrected chi connectivity index (χ4v) is 8.82. The molecule has 0 aromatic heterocycles. The van der Waals surface area contributed by atoms with Gasteiger partial charge >= 0.3 is 11.8 Å². The minimum absolute atomic E-state index is 0.0557. The van der Waals surface area contributed by atoms with Gasteiger partial charge in [0, 0.05) is 56.3 Å². The van der Waals surface area contributed by atoms with Crippen LogP contribution in [0.1, 0.15) is 49.8 Å². The Bertz CT molecular complexity index is 1610. The van der Waals surface area contributed by atoms with Gasteiger partial charge in [0.1, 0.15) is 0 Å². The molecule has 3 amide bonds. The number of rotatable bonds is 9. The Morgan fingerprint density at radius 1 is 0.894 bits per heavy atom. The maximum Gasteiger partial charge on any atom is 0.316 e. The number of amides is 3. The maximum absolute atomic E-state index is 14.2. The zero-order valence-corrected chi connectivity index (χ0v) is 30.2. The average molecular weight is 696 g/mol. The second-order valence-corrected chi connectivity index (χ2v) is 15.3. The van der Waals surface area contributed by atoms with E-state index in [2.05, 4.69) is 40.9 Å². The second kappa shape index (κ2) is 14.6. The largest absolute Gasteiger partial charge is 0.343 e. The van der Waals surface area contributed by atoms with Crippen molar-refractivity contribution in [2.45, 2.75) is 49.1 Å². The highest BCUT2D eigenvalue weighted by molar-refractivity contribution is 7.99. The van der Waals surface area contributed by atoms with E-state index in [9.17, 15) is 14.4 Å². The lowest BCUT2D eigenvalue weighted by Gasteiger charge is -2.47. The van der Waals surface area contributed by atoms with E-state index in [1.165, 1.54) is 20.9 Å². The van der Waals surface area contributed by atoms with Crippen LogP contribution in [0.15, 0.2) is 72.8 Å². The number of anilines is 1. The van der Waals surface area contributed by atoms with Crippen LogP contribution in [-0.2, 0) is 30.4 Å². The van der Waals surface area contributed by atoms with Gasteiger partial charge in [-0.3, -0.25) is 14.4 Å². The average Bonchev–Trinajstić information content (AvgIpc) is 3.44. The number of fused-ring (bicyclic) bond motifs is 2. The van der Waals surface area contributed by atoms with E-state index >= 15 is 0 Å². The molecular weight excluding hydrogens is 651 g/mol. The number of halogens is 2. The molecule has 3 aromatic rings. The van der Waals surface area contributed by atoms with Crippen LogP contribution in [0.2, 0.25) is 10.0 Å². The number of hydrogen-bond donors (Lipinski definition) is 0. The van der Waals surface area contributed by atoms with Crippen molar-refractivity contribution < 1.29 is 14.4 Å². The standard InChI is InChI=1S/C37H44Cl2N4O3S/c1-26(2)33(44)40(3)25-36(28-15-16-31(38)32(39)23-28,42(5)35(46)34(45)41(4)29-12-7-6-8-13-29)17-20-43-21-18-37(19-22-43)30-14-10-9-11-27(30)24-47-37/h6-16,23,26H,17-22,24-25H2,1-5H3/t36-/m1/s1. The predicted molar refractivity (Wildman–Crippen MR) is 193 cm³/mol. The van der Waals surface area contributed by atoms with E-state index in [4.69, 9.17) is 23.2 Å². The van der Waals surface area contributed by atoms with E-state index < -0.39 is 17.4 Å². The minimum Gasteiger partial charge on any atom is -0.343 e. The molecule has 5 rings (SSSR count). The van der Waals surface area contributed by atoms with Crippen LogP contribution in [0.4, 0.5) is 5.69 Å². The smallest absolute Gasteiger partial charge is 0.316 e. The van der Waals surface area contributed by atoms with E-state index in [0.717, 1.165) is 37.2 Å². The highest BCUT2D eigenvalue weighted by atomic mass is 35.5. The maximum atomic E-state index is 14.2. The molecule has 0 bridgehead atoms. The van der Waals surface area contributed by atoms with E-state index in [1.807, 2.05) is 38.1 Å². The Labute approximate surface area is 293 Å². The number of thioether (sulfide) groups is 1. The SMILES string of the molecule is CC(C)C(=O)N(C)C[C@](CCN1CCC2(CC1)SCc1ccccc12)(c1ccc(Cl)c(Cl)c1)N(C)C(=O)C(=O)N(C)c1ccccc1. The van der Waals surface area contributed by atoms with Gasteiger partial charge in [-0.1, -0.05) is 85.6 Å². The van der Waals surface area contributed by atoms with Crippen molar-refractivity contribution in [1.82, 2.24) is 14.7 Å². The number of piperidine rings is 1. The summed E-state index contributed by atoms with van der Waals surface area (Å²) in [6.07, 6.45) is 2.55. The van der Waals surface area contributed by atoms with E-state index in [-0.39, 0.29) is 23.1 Å². The first kappa shape index (κ1) is 35.3. The van der Waals surface area contributed by atoms with Gasteiger partial charge in [0.25, 0.3) is 0 Å². The van der Waals surface area contributed by atoms with Gasteiger partial charge in [0.05, 0.1) is 15.6 Å². The Kier molecular flexibility index (Phi) is 11.0.